The number of carbonyl (C=O) groups is 2. The van der Waals surface area contributed by atoms with Gasteiger partial charge in [0.05, 0.1) is 12.0 Å². The Morgan fingerprint density at radius 3 is 2.71 bits per heavy atom. The monoisotopic (exact) mass is 346 g/mol. The first kappa shape index (κ1) is 17.5. The van der Waals surface area contributed by atoms with E-state index in [1.165, 1.54) is 19.3 Å². The van der Waals surface area contributed by atoms with E-state index in [4.69, 9.17) is 4.74 Å². The van der Waals surface area contributed by atoms with Gasteiger partial charge in [0.25, 0.3) is 0 Å². The predicted octanol–water partition coefficient (Wildman–Crippen LogP) is 4.84. The molecule has 1 aliphatic carbocycles. The van der Waals surface area contributed by atoms with E-state index in [0.29, 0.717) is 11.7 Å². The minimum absolute atomic E-state index is 0.111. The van der Waals surface area contributed by atoms with Crippen LogP contribution in [-0.2, 0) is 9.53 Å². The van der Waals surface area contributed by atoms with Crippen molar-refractivity contribution in [3.8, 4) is 0 Å². The maximum atomic E-state index is 12.9. The fraction of sp³-hybridized carbons (Fsp3) is 0.600. The molecular formula is C20H26O3S. The van der Waals surface area contributed by atoms with E-state index in [-0.39, 0.29) is 23.9 Å². The fourth-order valence-corrected chi connectivity index (χ4v) is 5.09. The highest BCUT2D eigenvalue weighted by Gasteiger charge is 2.35. The van der Waals surface area contributed by atoms with Crippen LogP contribution in [0, 0.1) is 11.8 Å². The van der Waals surface area contributed by atoms with Crippen molar-refractivity contribution in [1.29, 1.82) is 0 Å². The highest BCUT2D eigenvalue weighted by atomic mass is 32.2. The van der Waals surface area contributed by atoms with E-state index in [2.05, 4.69) is 0 Å². The molecule has 1 aromatic carbocycles. The van der Waals surface area contributed by atoms with E-state index in [1.54, 1.807) is 11.8 Å². The molecule has 2 aliphatic rings. The summed E-state index contributed by atoms with van der Waals surface area (Å²) in [6.45, 7) is 5.59. The van der Waals surface area contributed by atoms with Crippen LogP contribution in [-0.4, -0.2) is 23.6 Å². The number of hydrogen-bond donors (Lipinski definition) is 0. The fourth-order valence-electron chi connectivity index (χ4n) is 3.75. The van der Waals surface area contributed by atoms with Crippen LogP contribution >= 0.6 is 11.8 Å². The molecule has 0 amide bonds. The van der Waals surface area contributed by atoms with Crippen molar-refractivity contribution in [1.82, 2.24) is 0 Å². The molecule has 24 heavy (non-hydrogen) atoms. The maximum absolute atomic E-state index is 12.9. The number of ether oxygens (including phenoxy) is 1. The third-order valence-corrected chi connectivity index (χ3v) is 6.42. The Morgan fingerprint density at radius 2 is 1.96 bits per heavy atom. The molecule has 0 aromatic heterocycles. The van der Waals surface area contributed by atoms with Gasteiger partial charge in [-0.05, 0) is 57.2 Å². The third-order valence-electron chi connectivity index (χ3n) is 5.18. The van der Waals surface area contributed by atoms with Crippen LogP contribution in [0.1, 0.15) is 68.3 Å². The Kier molecular flexibility index (Phi) is 5.33. The summed E-state index contributed by atoms with van der Waals surface area (Å²) in [5.41, 5.74) is 1.78. The molecule has 0 bridgehead atoms. The SMILES string of the molecule is CC(C)OC(=O)C(C)c1ccc2c(c1)SC[C@H]1CCCC[C@@H]1C2=O. The highest BCUT2D eigenvalue weighted by Crippen LogP contribution is 2.42. The van der Waals surface area contributed by atoms with E-state index in [9.17, 15) is 9.59 Å². The zero-order valence-electron chi connectivity index (χ0n) is 14.7. The van der Waals surface area contributed by atoms with Gasteiger partial charge in [0.15, 0.2) is 5.78 Å². The summed E-state index contributed by atoms with van der Waals surface area (Å²) in [5.74, 6) is 1.51. The molecule has 0 N–H and O–H groups in total. The summed E-state index contributed by atoms with van der Waals surface area (Å²) in [6.07, 6.45) is 4.50. The van der Waals surface area contributed by atoms with Gasteiger partial charge in [-0.2, -0.15) is 0 Å². The van der Waals surface area contributed by atoms with Crippen LogP contribution in [0.2, 0.25) is 0 Å². The molecule has 4 heteroatoms. The minimum Gasteiger partial charge on any atom is -0.463 e. The molecule has 1 aromatic rings. The van der Waals surface area contributed by atoms with Crippen LogP contribution in [0.5, 0.6) is 0 Å². The second-order valence-corrected chi connectivity index (χ2v) is 8.35. The molecule has 3 rings (SSSR count). The van der Waals surface area contributed by atoms with E-state index >= 15 is 0 Å². The predicted molar refractivity (Wildman–Crippen MR) is 96.6 cm³/mol. The summed E-state index contributed by atoms with van der Waals surface area (Å²) in [6, 6.07) is 5.88. The van der Waals surface area contributed by atoms with Crippen molar-refractivity contribution < 1.29 is 14.3 Å². The number of rotatable bonds is 3. The topological polar surface area (TPSA) is 43.4 Å². The molecule has 0 radical (unpaired) electrons. The van der Waals surface area contributed by atoms with Crippen molar-refractivity contribution in [2.45, 2.75) is 63.4 Å². The van der Waals surface area contributed by atoms with Gasteiger partial charge in [0.2, 0.25) is 0 Å². The Labute approximate surface area is 148 Å². The number of hydrogen-bond acceptors (Lipinski definition) is 4. The number of thioether (sulfide) groups is 1. The average Bonchev–Trinajstić information content (AvgIpc) is 2.71. The van der Waals surface area contributed by atoms with Crippen LogP contribution in [0.15, 0.2) is 23.1 Å². The molecule has 130 valence electrons. The lowest BCUT2D eigenvalue weighted by Gasteiger charge is -2.28. The first-order chi connectivity index (χ1) is 11.5. The molecule has 0 saturated heterocycles. The Morgan fingerprint density at radius 1 is 1.21 bits per heavy atom. The number of Topliss-reactive ketones (excluding diaryl/α,β-unsaturated/α-hetero) is 1. The lowest BCUT2D eigenvalue weighted by atomic mass is 9.76. The van der Waals surface area contributed by atoms with Gasteiger partial charge >= 0.3 is 5.97 Å². The van der Waals surface area contributed by atoms with E-state index in [1.807, 2.05) is 39.0 Å². The Balaban J connectivity index is 1.85. The zero-order valence-corrected chi connectivity index (χ0v) is 15.5. The molecule has 1 heterocycles. The largest absolute Gasteiger partial charge is 0.463 e. The summed E-state index contributed by atoms with van der Waals surface area (Å²) in [4.78, 5) is 26.1. The number of esters is 1. The van der Waals surface area contributed by atoms with Gasteiger partial charge in [0, 0.05) is 22.1 Å². The van der Waals surface area contributed by atoms with Crippen LogP contribution in [0.3, 0.4) is 0 Å². The maximum Gasteiger partial charge on any atom is 0.313 e. The summed E-state index contributed by atoms with van der Waals surface area (Å²) in [7, 11) is 0. The molecule has 1 aliphatic heterocycles. The highest BCUT2D eigenvalue weighted by molar-refractivity contribution is 7.99. The summed E-state index contributed by atoms with van der Waals surface area (Å²) < 4.78 is 5.32. The normalized spacial score (nSPS) is 24.8. The van der Waals surface area contributed by atoms with Crippen LogP contribution in [0.4, 0.5) is 0 Å². The molecular weight excluding hydrogens is 320 g/mol. The van der Waals surface area contributed by atoms with E-state index in [0.717, 1.165) is 28.2 Å². The molecule has 3 atom stereocenters. The average molecular weight is 346 g/mol. The Bertz CT molecular complexity index is 638. The van der Waals surface area contributed by atoms with Crippen LogP contribution in [0.25, 0.3) is 0 Å². The molecule has 3 nitrogen and oxygen atoms in total. The van der Waals surface area contributed by atoms with Crippen molar-refractivity contribution in [2.24, 2.45) is 11.8 Å². The number of carbonyl (C=O) groups excluding carboxylic acids is 2. The van der Waals surface area contributed by atoms with Gasteiger partial charge in [-0.1, -0.05) is 18.9 Å². The van der Waals surface area contributed by atoms with Gasteiger partial charge in [0.1, 0.15) is 0 Å². The number of fused-ring (bicyclic) bond motifs is 2. The standard InChI is InChI=1S/C20H26O3S/c1-12(2)23-20(22)13(3)14-8-9-17-18(10-14)24-11-15-6-4-5-7-16(15)19(17)21/h8-10,12-13,15-16H,4-7,11H2,1-3H3/t13?,15-,16+/m1/s1. The van der Waals surface area contributed by atoms with Gasteiger partial charge in [-0.25, -0.2) is 0 Å². The van der Waals surface area contributed by atoms with Gasteiger partial charge in [-0.15, -0.1) is 11.8 Å². The number of benzene rings is 1. The first-order valence-electron chi connectivity index (χ1n) is 8.99. The lowest BCUT2D eigenvalue weighted by molar-refractivity contribution is -0.148. The van der Waals surface area contributed by atoms with Crippen molar-refractivity contribution >= 4 is 23.5 Å². The smallest absolute Gasteiger partial charge is 0.313 e. The zero-order chi connectivity index (χ0) is 17.3. The second kappa shape index (κ2) is 7.30. The van der Waals surface area contributed by atoms with Crippen LogP contribution < -0.4 is 0 Å². The second-order valence-electron chi connectivity index (χ2n) is 7.29. The van der Waals surface area contributed by atoms with Gasteiger partial charge in [-0.3, -0.25) is 9.59 Å². The van der Waals surface area contributed by atoms with Crippen molar-refractivity contribution in [3.63, 3.8) is 0 Å². The van der Waals surface area contributed by atoms with Gasteiger partial charge < -0.3 is 4.74 Å². The lowest BCUT2D eigenvalue weighted by Crippen LogP contribution is -2.27. The first-order valence-corrected chi connectivity index (χ1v) is 9.97. The van der Waals surface area contributed by atoms with Crippen molar-refractivity contribution in [2.75, 3.05) is 5.75 Å². The molecule has 1 saturated carbocycles. The quantitative estimate of drug-likeness (QED) is 0.735. The third kappa shape index (κ3) is 3.53. The summed E-state index contributed by atoms with van der Waals surface area (Å²) in [5, 5.41) is 0. The number of ketones is 1. The van der Waals surface area contributed by atoms with E-state index < -0.39 is 0 Å². The molecule has 1 unspecified atom stereocenters. The molecule has 0 spiro atoms. The summed E-state index contributed by atoms with van der Waals surface area (Å²) >= 11 is 1.78. The molecule has 1 fully saturated rings. The minimum atomic E-state index is -0.307. The Hall–Kier alpha value is -1.29. The van der Waals surface area contributed by atoms with Crippen molar-refractivity contribution in [3.05, 3.63) is 29.3 Å².